The third-order valence-electron chi connectivity index (χ3n) is 6.59. The van der Waals surface area contributed by atoms with Gasteiger partial charge in [-0.3, -0.25) is 4.79 Å². The number of nitrogens with zero attached hydrogens (tertiary/aromatic N) is 1. The summed E-state index contributed by atoms with van der Waals surface area (Å²) in [6, 6.07) is 12.3. The van der Waals surface area contributed by atoms with Crippen molar-refractivity contribution in [2.45, 2.75) is 38.2 Å². The van der Waals surface area contributed by atoms with Crippen LogP contribution in [0.5, 0.6) is 5.75 Å². The lowest BCUT2D eigenvalue weighted by Crippen LogP contribution is -2.52. The van der Waals surface area contributed by atoms with Crippen LogP contribution >= 0.6 is 0 Å². The van der Waals surface area contributed by atoms with Crippen LogP contribution in [-0.2, 0) is 16.0 Å². The molecule has 0 radical (unpaired) electrons. The van der Waals surface area contributed by atoms with Crippen LogP contribution in [0.3, 0.4) is 0 Å². The molecule has 2 heterocycles. The van der Waals surface area contributed by atoms with Crippen LogP contribution in [0.25, 0.3) is 11.1 Å². The highest BCUT2D eigenvalue weighted by molar-refractivity contribution is 5.84. The van der Waals surface area contributed by atoms with Gasteiger partial charge in [-0.2, -0.15) is 0 Å². The lowest BCUT2D eigenvalue weighted by Gasteiger charge is -2.42. The maximum atomic E-state index is 14.1. The number of ether oxygens (including phenoxy) is 2. The maximum absolute atomic E-state index is 14.1. The Kier molecular flexibility index (Phi) is 6.58. The SMILES string of the molecule is COc1ccc(F)cc1-c1ccccc1CC1(C(=O)N2CCCC(O)C2)CCOCC1. The standard InChI is InChI=1S/C25H30FNO4/c1-30-23-9-8-19(26)15-22(23)21-7-3-2-5-18(21)16-25(10-13-31-14-11-25)24(29)27-12-4-6-20(28)17-27/h2-3,5,7-9,15,20,28H,4,6,10-14,16-17H2,1H3. The molecule has 2 aliphatic heterocycles. The zero-order valence-electron chi connectivity index (χ0n) is 18.0. The molecule has 4 rings (SSSR count). The van der Waals surface area contributed by atoms with Crippen molar-refractivity contribution in [3.05, 3.63) is 53.8 Å². The molecule has 1 unspecified atom stereocenters. The quantitative estimate of drug-likeness (QED) is 0.788. The molecule has 2 fully saturated rings. The monoisotopic (exact) mass is 427 g/mol. The molecular weight excluding hydrogens is 397 g/mol. The minimum atomic E-state index is -0.591. The number of methoxy groups -OCH3 is 1. The summed E-state index contributed by atoms with van der Waals surface area (Å²) in [5.41, 5.74) is 1.95. The molecule has 2 aromatic carbocycles. The van der Waals surface area contributed by atoms with E-state index in [2.05, 4.69) is 0 Å². The van der Waals surface area contributed by atoms with Crippen LogP contribution in [0, 0.1) is 11.2 Å². The number of hydrogen-bond acceptors (Lipinski definition) is 4. The Morgan fingerprint density at radius 2 is 2.00 bits per heavy atom. The van der Waals surface area contributed by atoms with Gasteiger partial charge in [-0.15, -0.1) is 0 Å². The Labute approximate surface area is 182 Å². The van der Waals surface area contributed by atoms with Crippen molar-refractivity contribution in [1.82, 2.24) is 4.90 Å². The molecule has 6 heteroatoms. The first-order valence-corrected chi connectivity index (χ1v) is 11.0. The first kappa shape index (κ1) is 21.8. The highest BCUT2D eigenvalue weighted by Crippen LogP contribution is 2.41. The van der Waals surface area contributed by atoms with Gasteiger partial charge in [0.05, 0.1) is 18.6 Å². The average Bonchev–Trinajstić information content (AvgIpc) is 2.79. The van der Waals surface area contributed by atoms with Crippen LogP contribution in [0.15, 0.2) is 42.5 Å². The van der Waals surface area contributed by atoms with Crippen LogP contribution in [-0.4, -0.2) is 55.4 Å². The fraction of sp³-hybridized carbons (Fsp3) is 0.480. The second-order valence-electron chi connectivity index (χ2n) is 8.62. The van der Waals surface area contributed by atoms with Gasteiger partial charge in [0.2, 0.25) is 5.91 Å². The fourth-order valence-electron chi connectivity index (χ4n) is 4.90. The van der Waals surface area contributed by atoms with Crippen LogP contribution in [0.4, 0.5) is 4.39 Å². The first-order chi connectivity index (χ1) is 15.0. The van der Waals surface area contributed by atoms with Crippen molar-refractivity contribution in [3.8, 4) is 16.9 Å². The maximum Gasteiger partial charge on any atom is 0.229 e. The summed E-state index contributed by atoms with van der Waals surface area (Å²) in [4.78, 5) is 15.5. The van der Waals surface area contributed by atoms with E-state index >= 15 is 0 Å². The van der Waals surface area contributed by atoms with Gasteiger partial charge in [0.25, 0.3) is 0 Å². The van der Waals surface area contributed by atoms with Crippen LogP contribution in [0.1, 0.15) is 31.2 Å². The summed E-state index contributed by atoms with van der Waals surface area (Å²) in [6.45, 7) is 2.14. The second-order valence-corrected chi connectivity index (χ2v) is 8.62. The molecule has 1 amide bonds. The summed E-state index contributed by atoms with van der Waals surface area (Å²) in [7, 11) is 1.57. The molecule has 0 spiro atoms. The molecule has 0 saturated carbocycles. The Morgan fingerprint density at radius 1 is 1.23 bits per heavy atom. The van der Waals surface area contributed by atoms with Crippen molar-refractivity contribution in [1.29, 1.82) is 0 Å². The number of carbonyl (C=O) groups is 1. The van der Waals surface area contributed by atoms with Crippen molar-refractivity contribution < 1.29 is 23.8 Å². The number of benzene rings is 2. The molecule has 1 atom stereocenters. The van der Waals surface area contributed by atoms with Gasteiger partial charge in [-0.25, -0.2) is 4.39 Å². The normalized spacial score (nSPS) is 21.0. The zero-order chi connectivity index (χ0) is 21.8. The van der Waals surface area contributed by atoms with E-state index in [-0.39, 0.29) is 11.7 Å². The summed E-state index contributed by atoms with van der Waals surface area (Å²) in [5, 5.41) is 10.1. The summed E-state index contributed by atoms with van der Waals surface area (Å²) in [6.07, 6.45) is 2.90. The fourth-order valence-corrected chi connectivity index (χ4v) is 4.90. The Bertz CT molecular complexity index is 925. The lowest BCUT2D eigenvalue weighted by atomic mass is 9.72. The molecule has 0 aliphatic carbocycles. The summed E-state index contributed by atoms with van der Waals surface area (Å²) >= 11 is 0. The number of rotatable bonds is 5. The van der Waals surface area contributed by atoms with Gasteiger partial charge >= 0.3 is 0 Å². The largest absolute Gasteiger partial charge is 0.496 e. The highest BCUT2D eigenvalue weighted by atomic mass is 19.1. The number of aliphatic hydroxyl groups is 1. The Morgan fingerprint density at radius 3 is 2.74 bits per heavy atom. The number of likely N-dealkylation sites (tertiary alicyclic amines) is 1. The van der Waals surface area contributed by atoms with E-state index in [1.807, 2.05) is 29.2 Å². The molecule has 1 N–H and O–H groups in total. The summed E-state index contributed by atoms with van der Waals surface area (Å²) < 4.78 is 25.2. The van der Waals surface area contributed by atoms with E-state index in [0.717, 1.165) is 24.0 Å². The number of aliphatic hydroxyl groups excluding tert-OH is 1. The van der Waals surface area contributed by atoms with Gasteiger partial charge in [-0.05, 0) is 61.4 Å². The van der Waals surface area contributed by atoms with Crippen molar-refractivity contribution >= 4 is 5.91 Å². The van der Waals surface area contributed by atoms with Gasteiger partial charge < -0.3 is 19.5 Å². The molecule has 0 aromatic heterocycles. The number of carbonyl (C=O) groups excluding carboxylic acids is 1. The van der Waals surface area contributed by atoms with E-state index in [9.17, 15) is 14.3 Å². The second kappa shape index (κ2) is 9.37. The number of halogens is 1. The summed E-state index contributed by atoms with van der Waals surface area (Å²) in [5.74, 6) is 0.362. The predicted octanol–water partition coefficient (Wildman–Crippen LogP) is 3.82. The minimum Gasteiger partial charge on any atom is -0.496 e. The van der Waals surface area contributed by atoms with E-state index < -0.39 is 11.5 Å². The van der Waals surface area contributed by atoms with Crippen molar-refractivity contribution in [2.75, 3.05) is 33.4 Å². The van der Waals surface area contributed by atoms with Crippen LogP contribution < -0.4 is 4.74 Å². The van der Waals surface area contributed by atoms with Gasteiger partial charge in [0.15, 0.2) is 0 Å². The molecule has 2 aliphatic rings. The predicted molar refractivity (Wildman–Crippen MR) is 116 cm³/mol. The zero-order valence-corrected chi connectivity index (χ0v) is 18.0. The van der Waals surface area contributed by atoms with Crippen molar-refractivity contribution in [2.24, 2.45) is 5.41 Å². The first-order valence-electron chi connectivity index (χ1n) is 11.0. The third-order valence-corrected chi connectivity index (χ3v) is 6.59. The number of hydrogen-bond donors (Lipinski definition) is 1. The molecular formula is C25H30FNO4. The topological polar surface area (TPSA) is 59.0 Å². The lowest BCUT2D eigenvalue weighted by molar-refractivity contribution is -0.151. The van der Waals surface area contributed by atoms with Gasteiger partial charge in [0, 0.05) is 31.9 Å². The Hall–Kier alpha value is -2.44. The van der Waals surface area contributed by atoms with Crippen molar-refractivity contribution in [3.63, 3.8) is 0 Å². The molecule has 2 aromatic rings. The average molecular weight is 428 g/mol. The molecule has 166 valence electrons. The van der Waals surface area contributed by atoms with E-state index in [1.54, 1.807) is 13.2 Å². The molecule has 2 saturated heterocycles. The number of piperidine rings is 1. The van der Waals surface area contributed by atoms with Crippen LogP contribution in [0.2, 0.25) is 0 Å². The Balaban J connectivity index is 1.71. The molecule has 5 nitrogen and oxygen atoms in total. The molecule has 31 heavy (non-hydrogen) atoms. The van der Waals surface area contributed by atoms with E-state index in [0.29, 0.717) is 56.9 Å². The van der Waals surface area contributed by atoms with E-state index in [4.69, 9.17) is 9.47 Å². The smallest absolute Gasteiger partial charge is 0.229 e. The third kappa shape index (κ3) is 4.60. The minimum absolute atomic E-state index is 0.0931. The number of β-amino-alcohol motifs (C(OH)–C–C–N with tert-alkyl or cyclic N) is 1. The molecule has 0 bridgehead atoms. The van der Waals surface area contributed by atoms with E-state index in [1.165, 1.54) is 12.1 Å². The number of amides is 1. The van der Waals surface area contributed by atoms with Gasteiger partial charge in [-0.1, -0.05) is 24.3 Å². The highest BCUT2D eigenvalue weighted by Gasteiger charge is 2.43. The van der Waals surface area contributed by atoms with Gasteiger partial charge in [0.1, 0.15) is 11.6 Å².